The molecule has 1 aliphatic rings. The number of rotatable bonds is 4. The van der Waals surface area contributed by atoms with E-state index in [4.69, 9.17) is 0 Å². The lowest BCUT2D eigenvalue weighted by atomic mass is 10.2. The Bertz CT molecular complexity index is 308. The molecular formula is C13H23N3O. The van der Waals surface area contributed by atoms with E-state index in [1.165, 1.54) is 0 Å². The number of amides is 1. The fraction of sp³-hybridized carbons (Fsp3) is 0.538. The largest absolute Gasteiger partial charge is 0.354 e. The highest BCUT2D eigenvalue weighted by atomic mass is 16.2. The molecule has 0 bridgehead atoms. The van der Waals surface area contributed by atoms with Crippen molar-refractivity contribution >= 4 is 12.1 Å². The molecule has 0 aromatic carbocycles. The van der Waals surface area contributed by atoms with Crippen LogP contribution >= 0.6 is 0 Å². The number of nitrogens with one attached hydrogen (secondary N) is 1. The van der Waals surface area contributed by atoms with Crippen molar-refractivity contribution in [3.8, 4) is 0 Å². The van der Waals surface area contributed by atoms with E-state index in [1.807, 2.05) is 25.7 Å². The van der Waals surface area contributed by atoms with Crippen LogP contribution in [-0.4, -0.2) is 43.2 Å². The van der Waals surface area contributed by atoms with Gasteiger partial charge < -0.3 is 5.32 Å². The number of allylic oxidation sites excluding steroid dienone is 1. The zero-order valence-electron chi connectivity index (χ0n) is 11.1. The molecule has 1 rings (SSSR count). The first kappa shape index (κ1) is 15.6. The summed E-state index contributed by atoms with van der Waals surface area (Å²) in [7, 11) is 0. The Labute approximate surface area is 104 Å². The van der Waals surface area contributed by atoms with Gasteiger partial charge in [0, 0.05) is 31.5 Å². The molecule has 17 heavy (non-hydrogen) atoms. The van der Waals surface area contributed by atoms with Crippen LogP contribution in [0.25, 0.3) is 0 Å². The van der Waals surface area contributed by atoms with Gasteiger partial charge in [0.15, 0.2) is 0 Å². The highest BCUT2D eigenvalue weighted by Gasteiger charge is 2.15. The van der Waals surface area contributed by atoms with E-state index in [1.54, 1.807) is 6.21 Å². The minimum atomic E-state index is 0.0749. The monoisotopic (exact) mass is 237 g/mol. The molecule has 0 radical (unpaired) electrons. The van der Waals surface area contributed by atoms with E-state index in [0.29, 0.717) is 19.6 Å². The number of piperazine rings is 1. The third-order valence-corrected chi connectivity index (χ3v) is 2.01. The number of carbonyl (C=O) groups excluding carboxylic acids is 1. The zero-order chi connectivity index (χ0) is 13.3. The zero-order valence-corrected chi connectivity index (χ0v) is 11.1. The first-order chi connectivity index (χ1) is 8.08. The lowest BCUT2D eigenvalue weighted by molar-refractivity contribution is -0.123. The molecule has 4 nitrogen and oxygen atoms in total. The number of carbonyl (C=O) groups is 1. The Balaban J connectivity index is 0.00000121. The second kappa shape index (κ2) is 8.70. The van der Waals surface area contributed by atoms with Gasteiger partial charge in [0.1, 0.15) is 0 Å². The maximum Gasteiger partial charge on any atom is 0.234 e. The van der Waals surface area contributed by atoms with Gasteiger partial charge in [0.25, 0.3) is 0 Å². The lowest BCUT2D eigenvalue weighted by Crippen LogP contribution is -2.48. The van der Waals surface area contributed by atoms with E-state index in [0.717, 1.165) is 17.8 Å². The molecular weight excluding hydrogens is 214 g/mol. The van der Waals surface area contributed by atoms with Gasteiger partial charge >= 0.3 is 0 Å². The number of hydrogen-bond acceptors (Lipinski definition) is 3. The molecule has 96 valence electrons. The maximum absolute atomic E-state index is 11.1. The minimum Gasteiger partial charge on any atom is -0.354 e. The van der Waals surface area contributed by atoms with Gasteiger partial charge in [-0.15, -0.1) is 0 Å². The summed E-state index contributed by atoms with van der Waals surface area (Å²) in [6.07, 6.45) is 1.70. The van der Waals surface area contributed by atoms with Gasteiger partial charge in [-0.1, -0.05) is 27.0 Å². The molecule has 4 heteroatoms. The van der Waals surface area contributed by atoms with Crippen molar-refractivity contribution in [2.75, 3.05) is 26.2 Å². The molecule has 1 N–H and O–H groups in total. The molecule has 1 heterocycles. The van der Waals surface area contributed by atoms with Crippen molar-refractivity contribution in [3.63, 3.8) is 0 Å². The highest BCUT2D eigenvalue weighted by molar-refractivity contribution is 5.80. The van der Waals surface area contributed by atoms with E-state index < -0.39 is 0 Å². The van der Waals surface area contributed by atoms with Crippen LogP contribution in [0.5, 0.6) is 0 Å². The van der Waals surface area contributed by atoms with Crippen molar-refractivity contribution in [1.29, 1.82) is 0 Å². The number of aliphatic imine (C=N–C) groups is 1. The van der Waals surface area contributed by atoms with Gasteiger partial charge in [-0.2, -0.15) is 0 Å². The molecule has 0 aliphatic carbocycles. The van der Waals surface area contributed by atoms with Crippen LogP contribution < -0.4 is 5.32 Å². The van der Waals surface area contributed by atoms with Crippen molar-refractivity contribution in [1.82, 2.24) is 10.2 Å². The summed E-state index contributed by atoms with van der Waals surface area (Å²) in [6, 6.07) is 0. The van der Waals surface area contributed by atoms with Crippen molar-refractivity contribution in [2.24, 2.45) is 4.99 Å². The van der Waals surface area contributed by atoms with Crippen LogP contribution in [0.1, 0.15) is 20.8 Å². The Kier molecular flexibility index (Phi) is 7.97. The first-order valence-corrected chi connectivity index (χ1v) is 5.94. The van der Waals surface area contributed by atoms with Gasteiger partial charge in [0.2, 0.25) is 5.91 Å². The molecule has 1 aliphatic heterocycles. The Hall–Kier alpha value is -1.42. The SMILES string of the molecule is C=C(C=NC(=C)C)CN1CCNC(=O)C1.CC. The molecule has 0 unspecified atom stereocenters. The highest BCUT2D eigenvalue weighted by Crippen LogP contribution is 1.99. The Morgan fingerprint density at radius 1 is 1.53 bits per heavy atom. The Morgan fingerprint density at radius 3 is 2.71 bits per heavy atom. The first-order valence-electron chi connectivity index (χ1n) is 5.94. The van der Waals surface area contributed by atoms with Gasteiger partial charge in [0.05, 0.1) is 6.54 Å². The van der Waals surface area contributed by atoms with Crippen molar-refractivity contribution in [3.05, 3.63) is 24.4 Å². The summed E-state index contributed by atoms with van der Waals surface area (Å²) < 4.78 is 0. The van der Waals surface area contributed by atoms with Gasteiger partial charge in [-0.3, -0.25) is 14.7 Å². The van der Waals surface area contributed by atoms with Crippen LogP contribution in [0.3, 0.4) is 0 Å². The smallest absolute Gasteiger partial charge is 0.234 e. The summed E-state index contributed by atoms with van der Waals surface area (Å²) in [6.45, 7) is 16.1. The van der Waals surface area contributed by atoms with Crippen LogP contribution in [-0.2, 0) is 4.79 Å². The lowest BCUT2D eigenvalue weighted by Gasteiger charge is -2.26. The average Bonchev–Trinajstić information content (AvgIpc) is 2.29. The van der Waals surface area contributed by atoms with Crippen molar-refractivity contribution in [2.45, 2.75) is 20.8 Å². The second-order valence-electron chi connectivity index (χ2n) is 3.71. The summed E-state index contributed by atoms with van der Waals surface area (Å²) in [5.41, 5.74) is 1.65. The predicted octanol–water partition coefficient (Wildman–Crippen LogP) is 1.60. The summed E-state index contributed by atoms with van der Waals surface area (Å²) >= 11 is 0. The molecule has 1 amide bonds. The van der Waals surface area contributed by atoms with Crippen LogP contribution in [0.4, 0.5) is 0 Å². The topological polar surface area (TPSA) is 44.7 Å². The minimum absolute atomic E-state index is 0.0749. The molecule has 0 atom stereocenters. The third kappa shape index (κ3) is 7.47. The predicted molar refractivity (Wildman–Crippen MR) is 73.2 cm³/mol. The fourth-order valence-corrected chi connectivity index (χ4v) is 1.36. The quantitative estimate of drug-likeness (QED) is 0.755. The summed E-state index contributed by atoms with van der Waals surface area (Å²) in [5, 5.41) is 2.78. The molecule has 1 fully saturated rings. The molecule has 0 saturated carbocycles. The molecule has 0 spiro atoms. The third-order valence-electron chi connectivity index (χ3n) is 2.01. The van der Waals surface area contributed by atoms with Crippen LogP contribution in [0.15, 0.2) is 29.4 Å². The van der Waals surface area contributed by atoms with E-state index in [9.17, 15) is 4.79 Å². The van der Waals surface area contributed by atoms with E-state index in [2.05, 4.69) is 23.5 Å². The normalized spacial score (nSPS) is 16.1. The standard InChI is InChI=1S/C11H17N3O.C2H6/c1-9(2)13-6-10(3)7-14-5-4-12-11(15)8-14;1-2/h6H,1,3-5,7-8H2,2H3,(H,12,15);1-2H3. The maximum atomic E-state index is 11.1. The van der Waals surface area contributed by atoms with Crippen molar-refractivity contribution < 1.29 is 4.79 Å². The molecule has 0 aromatic heterocycles. The van der Waals surface area contributed by atoms with Gasteiger partial charge in [-0.25, -0.2) is 0 Å². The van der Waals surface area contributed by atoms with Crippen LogP contribution in [0.2, 0.25) is 0 Å². The van der Waals surface area contributed by atoms with E-state index >= 15 is 0 Å². The number of nitrogens with zero attached hydrogens (tertiary/aromatic N) is 2. The molecule has 1 saturated heterocycles. The average molecular weight is 237 g/mol. The number of hydrogen-bond donors (Lipinski definition) is 1. The molecule has 0 aromatic rings. The van der Waals surface area contributed by atoms with Crippen LogP contribution in [0, 0.1) is 0 Å². The summed E-state index contributed by atoms with van der Waals surface area (Å²) in [5.74, 6) is 0.0749. The Morgan fingerprint density at radius 2 is 2.18 bits per heavy atom. The fourth-order valence-electron chi connectivity index (χ4n) is 1.36. The van der Waals surface area contributed by atoms with Gasteiger partial charge in [-0.05, 0) is 12.5 Å². The van der Waals surface area contributed by atoms with E-state index in [-0.39, 0.29) is 5.91 Å². The summed E-state index contributed by atoms with van der Waals surface area (Å²) in [4.78, 5) is 17.2. The second-order valence-corrected chi connectivity index (χ2v) is 3.71.